The van der Waals surface area contributed by atoms with Crippen molar-refractivity contribution in [1.29, 1.82) is 0 Å². The Morgan fingerprint density at radius 3 is 2.24 bits per heavy atom. The molecule has 5 nitrogen and oxygen atoms in total. The first-order chi connectivity index (χ1) is 11.7. The molecule has 134 valence electrons. The lowest BCUT2D eigenvalue weighted by atomic mass is 10.2. The maximum absolute atomic E-state index is 12.1. The van der Waals surface area contributed by atoms with Gasteiger partial charge in [0.1, 0.15) is 5.75 Å². The second-order valence-corrected chi connectivity index (χ2v) is 5.88. The molecule has 2 aromatic carbocycles. The van der Waals surface area contributed by atoms with E-state index in [4.69, 9.17) is 4.74 Å². The maximum Gasteiger partial charge on any atom is 0.238 e. The average molecular weight is 362 g/mol. The van der Waals surface area contributed by atoms with Crippen LogP contribution >= 0.6 is 12.4 Å². The van der Waals surface area contributed by atoms with Gasteiger partial charge in [-0.3, -0.25) is 9.69 Å². The molecule has 0 bridgehead atoms. The Kier molecular flexibility index (Phi) is 7.10. The molecule has 0 unspecified atom stereocenters. The van der Waals surface area contributed by atoms with E-state index in [1.807, 2.05) is 42.5 Å². The van der Waals surface area contributed by atoms with Crippen molar-refractivity contribution in [3.8, 4) is 5.75 Å². The van der Waals surface area contributed by atoms with E-state index in [1.54, 1.807) is 7.11 Å². The van der Waals surface area contributed by atoms with Gasteiger partial charge in [-0.25, -0.2) is 0 Å². The summed E-state index contributed by atoms with van der Waals surface area (Å²) in [5.74, 6) is 0.911. The largest absolute Gasteiger partial charge is 0.497 e. The van der Waals surface area contributed by atoms with Crippen LogP contribution in [0.5, 0.6) is 5.75 Å². The van der Waals surface area contributed by atoms with Crippen LogP contribution in [0.4, 0.5) is 11.4 Å². The highest BCUT2D eigenvalue weighted by Crippen LogP contribution is 2.20. The number of methoxy groups -OCH3 is 1. The van der Waals surface area contributed by atoms with Gasteiger partial charge in [0.25, 0.3) is 0 Å². The summed E-state index contributed by atoms with van der Waals surface area (Å²) in [5.41, 5.74) is 2.04. The van der Waals surface area contributed by atoms with E-state index in [0.29, 0.717) is 6.54 Å². The fourth-order valence-electron chi connectivity index (χ4n) is 2.88. The van der Waals surface area contributed by atoms with Crippen LogP contribution in [0.2, 0.25) is 0 Å². The number of halogens is 1. The summed E-state index contributed by atoms with van der Waals surface area (Å²) >= 11 is 0. The van der Waals surface area contributed by atoms with Gasteiger partial charge in [0.15, 0.2) is 0 Å². The Labute approximate surface area is 155 Å². The lowest BCUT2D eigenvalue weighted by Gasteiger charge is -2.35. The zero-order chi connectivity index (χ0) is 16.8. The molecule has 0 radical (unpaired) electrons. The molecule has 0 aromatic heterocycles. The first-order valence-corrected chi connectivity index (χ1v) is 8.21. The third-order valence-electron chi connectivity index (χ3n) is 4.23. The smallest absolute Gasteiger partial charge is 0.238 e. The number of amides is 1. The van der Waals surface area contributed by atoms with Crippen molar-refractivity contribution in [2.24, 2.45) is 0 Å². The minimum absolute atomic E-state index is 0. The minimum Gasteiger partial charge on any atom is -0.497 e. The van der Waals surface area contributed by atoms with Gasteiger partial charge < -0.3 is 15.0 Å². The molecule has 1 aliphatic rings. The quantitative estimate of drug-likeness (QED) is 0.889. The van der Waals surface area contributed by atoms with E-state index in [0.717, 1.165) is 37.6 Å². The summed E-state index contributed by atoms with van der Waals surface area (Å²) in [6.45, 7) is 4.05. The number of rotatable bonds is 5. The highest BCUT2D eigenvalue weighted by Gasteiger charge is 2.19. The summed E-state index contributed by atoms with van der Waals surface area (Å²) in [4.78, 5) is 16.7. The molecule has 25 heavy (non-hydrogen) atoms. The summed E-state index contributed by atoms with van der Waals surface area (Å²) < 4.78 is 5.19. The van der Waals surface area contributed by atoms with Gasteiger partial charge >= 0.3 is 0 Å². The van der Waals surface area contributed by atoms with Crippen molar-refractivity contribution >= 4 is 29.7 Å². The van der Waals surface area contributed by atoms with Crippen LogP contribution in [-0.4, -0.2) is 50.6 Å². The molecule has 0 aliphatic carbocycles. The van der Waals surface area contributed by atoms with Crippen LogP contribution < -0.4 is 15.0 Å². The fraction of sp³-hybridized carbons (Fsp3) is 0.316. The van der Waals surface area contributed by atoms with E-state index < -0.39 is 0 Å². The highest BCUT2D eigenvalue weighted by molar-refractivity contribution is 5.92. The number of hydrogen-bond acceptors (Lipinski definition) is 4. The Bertz CT molecular complexity index is 656. The zero-order valence-corrected chi connectivity index (χ0v) is 15.2. The molecule has 1 N–H and O–H groups in total. The molecular formula is C19H24ClN3O2. The van der Waals surface area contributed by atoms with E-state index in [-0.39, 0.29) is 18.3 Å². The SMILES string of the molecule is COc1ccc(N2CCN(CC(=O)Nc3ccccc3)CC2)cc1.Cl. The number of carbonyl (C=O) groups excluding carboxylic acids is 1. The van der Waals surface area contributed by atoms with Crippen LogP contribution in [0.1, 0.15) is 0 Å². The van der Waals surface area contributed by atoms with E-state index in [9.17, 15) is 4.79 Å². The Hall–Kier alpha value is -2.24. The first-order valence-electron chi connectivity index (χ1n) is 8.21. The molecule has 1 saturated heterocycles. The molecule has 1 heterocycles. The average Bonchev–Trinajstić information content (AvgIpc) is 2.63. The Morgan fingerprint density at radius 1 is 1.00 bits per heavy atom. The van der Waals surface area contributed by atoms with Crippen molar-refractivity contribution in [1.82, 2.24) is 4.90 Å². The minimum atomic E-state index is 0. The Morgan fingerprint density at radius 2 is 1.64 bits per heavy atom. The predicted octanol–water partition coefficient (Wildman–Crippen LogP) is 2.88. The molecule has 2 aromatic rings. The van der Waals surface area contributed by atoms with Crippen molar-refractivity contribution in [3.05, 3.63) is 54.6 Å². The predicted molar refractivity (Wildman–Crippen MR) is 104 cm³/mol. The van der Waals surface area contributed by atoms with E-state index in [1.165, 1.54) is 5.69 Å². The normalized spacial score (nSPS) is 14.5. The number of nitrogens with zero attached hydrogens (tertiary/aromatic N) is 2. The van der Waals surface area contributed by atoms with Crippen LogP contribution in [0, 0.1) is 0 Å². The number of nitrogens with one attached hydrogen (secondary N) is 1. The highest BCUT2D eigenvalue weighted by atomic mass is 35.5. The third kappa shape index (κ3) is 5.37. The van der Waals surface area contributed by atoms with Gasteiger partial charge in [-0.05, 0) is 36.4 Å². The van der Waals surface area contributed by atoms with Gasteiger partial charge in [-0.1, -0.05) is 18.2 Å². The van der Waals surface area contributed by atoms with Crippen LogP contribution in [0.3, 0.4) is 0 Å². The Balaban J connectivity index is 0.00000225. The van der Waals surface area contributed by atoms with Gasteiger partial charge in [-0.15, -0.1) is 12.4 Å². The summed E-state index contributed by atoms with van der Waals surface area (Å²) in [5, 5.41) is 2.94. The van der Waals surface area contributed by atoms with Gasteiger partial charge in [0, 0.05) is 37.6 Å². The maximum atomic E-state index is 12.1. The zero-order valence-electron chi connectivity index (χ0n) is 14.4. The summed E-state index contributed by atoms with van der Waals surface area (Å²) in [7, 11) is 1.67. The molecule has 3 rings (SSSR count). The second kappa shape index (κ2) is 9.30. The first kappa shape index (κ1) is 19.1. The molecule has 0 saturated carbocycles. The van der Waals surface area contributed by atoms with Crippen molar-refractivity contribution in [2.75, 3.05) is 50.1 Å². The van der Waals surface area contributed by atoms with Crippen LogP contribution in [-0.2, 0) is 4.79 Å². The number of hydrogen-bond donors (Lipinski definition) is 1. The topological polar surface area (TPSA) is 44.8 Å². The van der Waals surface area contributed by atoms with Crippen molar-refractivity contribution < 1.29 is 9.53 Å². The number of para-hydroxylation sites is 1. The van der Waals surface area contributed by atoms with Crippen molar-refractivity contribution in [3.63, 3.8) is 0 Å². The third-order valence-corrected chi connectivity index (χ3v) is 4.23. The fourth-order valence-corrected chi connectivity index (χ4v) is 2.88. The van der Waals surface area contributed by atoms with E-state index in [2.05, 4.69) is 27.2 Å². The number of piperazine rings is 1. The number of carbonyl (C=O) groups is 1. The lowest BCUT2D eigenvalue weighted by molar-refractivity contribution is -0.117. The number of anilines is 2. The molecule has 1 aliphatic heterocycles. The molecule has 1 amide bonds. The molecule has 1 fully saturated rings. The molecule has 0 atom stereocenters. The number of ether oxygens (including phenoxy) is 1. The standard InChI is InChI=1S/C19H23N3O2.ClH/c1-24-18-9-7-17(8-10-18)22-13-11-21(12-14-22)15-19(23)20-16-5-3-2-4-6-16;/h2-10H,11-15H2,1H3,(H,20,23);1H. The summed E-state index contributed by atoms with van der Waals surface area (Å²) in [6, 6.07) is 17.7. The molecule has 0 spiro atoms. The molecular weight excluding hydrogens is 338 g/mol. The van der Waals surface area contributed by atoms with Crippen molar-refractivity contribution in [2.45, 2.75) is 0 Å². The van der Waals surface area contributed by atoms with Crippen LogP contribution in [0.15, 0.2) is 54.6 Å². The van der Waals surface area contributed by atoms with Gasteiger partial charge in [-0.2, -0.15) is 0 Å². The van der Waals surface area contributed by atoms with E-state index >= 15 is 0 Å². The van der Waals surface area contributed by atoms with Gasteiger partial charge in [0.2, 0.25) is 5.91 Å². The lowest BCUT2D eigenvalue weighted by Crippen LogP contribution is -2.48. The van der Waals surface area contributed by atoms with Crippen LogP contribution in [0.25, 0.3) is 0 Å². The monoisotopic (exact) mass is 361 g/mol. The summed E-state index contributed by atoms with van der Waals surface area (Å²) in [6.07, 6.45) is 0. The second-order valence-electron chi connectivity index (χ2n) is 5.88. The van der Waals surface area contributed by atoms with Gasteiger partial charge in [0.05, 0.1) is 13.7 Å². The molecule has 6 heteroatoms. The number of benzene rings is 2.